The maximum Gasteiger partial charge on any atom is 0.256 e. The average molecular weight is 290 g/mol. The van der Waals surface area contributed by atoms with E-state index in [1.54, 1.807) is 4.90 Å². The first-order chi connectivity index (χ1) is 10.1. The third-order valence-corrected chi connectivity index (χ3v) is 3.64. The summed E-state index contributed by atoms with van der Waals surface area (Å²) in [4.78, 5) is 26.0. The van der Waals surface area contributed by atoms with Gasteiger partial charge in [0.2, 0.25) is 5.91 Å². The van der Waals surface area contributed by atoms with Crippen LogP contribution in [-0.2, 0) is 4.74 Å². The number of ether oxygens (including phenoxy) is 1. The molecule has 3 rings (SSSR count). The van der Waals surface area contributed by atoms with Gasteiger partial charge in [0, 0.05) is 31.6 Å². The van der Waals surface area contributed by atoms with Crippen LogP contribution in [0, 0.1) is 5.82 Å². The van der Waals surface area contributed by atoms with Gasteiger partial charge in [-0.25, -0.2) is 4.39 Å². The number of carbonyl (C=O) groups excluding carboxylic acids is 2. The highest BCUT2D eigenvalue weighted by atomic mass is 19.1. The van der Waals surface area contributed by atoms with Crippen LogP contribution in [0.2, 0.25) is 0 Å². The number of morpholine rings is 1. The first kappa shape index (κ1) is 13.8. The van der Waals surface area contributed by atoms with Crippen molar-refractivity contribution < 1.29 is 18.7 Å². The third kappa shape index (κ3) is 2.42. The Hall–Kier alpha value is -2.21. The summed E-state index contributed by atoms with van der Waals surface area (Å²) in [5.74, 6) is -0.852. The van der Waals surface area contributed by atoms with Gasteiger partial charge in [-0.05, 0) is 18.2 Å². The lowest BCUT2D eigenvalue weighted by atomic mass is 10.1. The van der Waals surface area contributed by atoms with Gasteiger partial charge in [0.25, 0.3) is 5.91 Å². The lowest BCUT2D eigenvalue weighted by Crippen LogP contribution is -2.40. The van der Waals surface area contributed by atoms with Crippen molar-refractivity contribution in [1.82, 2.24) is 9.47 Å². The van der Waals surface area contributed by atoms with Crippen LogP contribution in [0.25, 0.3) is 10.9 Å². The Balaban J connectivity index is 2.09. The molecule has 0 radical (unpaired) electrons. The molecule has 1 aliphatic rings. The van der Waals surface area contributed by atoms with Crippen LogP contribution < -0.4 is 0 Å². The van der Waals surface area contributed by atoms with E-state index in [0.29, 0.717) is 42.8 Å². The molecule has 0 N–H and O–H groups in total. The molecule has 0 spiro atoms. The highest BCUT2D eigenvalue weighted by Crippen LogP contribution is 2.24. The van der Waals surface area contributed by atoms with Gasteiger partial charge in [-0.3, -0.25) is 14.2 Å². The van der Waals surface area contributed by atoms with E-state index < -0.39 is 5.82 Å². The molecule has 0 aliphatic carbocycles. The van der Waals surface area contributed by atoms with Crippen molar-refractivity contribution >= 4 is 22.7 Å². The average Bonchev–Trinajstić information content (AvgIpc) is 2.86. The first-order valence-electron chi connectivity index (χ1n) is 6.76. The molecule has 5 nitrogen and oxygen atoms in total. The lowest BCUT2D eigenvalue weighted by molar-refractivity contribution is 0.0304. The van der Waals surface area contributed by atoms with E-state index in [0.717, 1.165) is 0 Å². The normalized spacial score (nSPS) is 15.4. The van der Waals surface area contributed by atoms with Crippen LogP contribution in [-0.4, -0.2) is 47.6 Å². The zero-order valence-electron chi connectivity index (χ0n) is 11.6. The molecule has 1 saturated heterocycles. The summed E-state index contributed by atoms with van der Waals surface area (Å²) in [6.45, 7) is 3.43. The topological polar surface area (TPSA) is 51.5 Å². The Kier molecular flexibility index (Phi) is 3.47. The van der Waals surface area contributed by atoms with Gasteiger partial charge in [-0.15, -0.1) is 0 Å². The molecule has 110 valence electrons. The van der Waals surface area contributed by atoms with E-state index >= 15 is 0 Å². The molecule has 0 bridgehead atoms. The quantitative estimate of drug-likeness (QED) is 0.806. The Morgan fingerprint density at radius 3 is 2.62 bits per heavy atom. The second kappa shape index (κ2) is 5.29. The van der Waals surface area contributed by atoms with E-state index in [4.69, 9.17) is 4.74 Å². The summed E-state index contributed by atoms with van der Waals surface area (Å²) in [5.41, 5.74) is 0.834. The summed E-state index contributed by atoms with van der Waals surface area (Å²) in [7, 11) is 0. The fraction of sp³-hybridized carbons (Fsp3) is 0.333. The van der Waals surface area contributed by atoms with Crippen molar-refractivity contribution in [2.45, 2.75) is 6.92 Å². The third-order valence-electron chi connectivity index (χ3n) is 3.64. The van der Waals surface area contributed by atoms with Crippen LogP contribution in [0.3, 0.4) is 0 Å². The van der Waals surface area contributed by atoms with E-state index in [2.05, 4.69) is 0 Å². The van der Waals surface area contributed by atoms with Gasteiger partial charge in [0.15, 0.2) is 0 Å². The van der Waals surface area contributed by atoms with Crippen LogP contribution in [0.15, 0.2) is 24.4 Å². The molecule has 1 aromatic heterocycles. The number of nitrogens with zero attached hydrogens (tertiary/aromatic N) is 2. The fourth-order valence-corrected chi connectivity index (χ4v) is 2.57. The van der Waals surface area contributed by atoms with Gasteiger partial charge in [-0.2, -0.15) is 0 Å². The Morgan fingerprint density at radius 1 is 1.24 bits per heavy atom. The van der Waals surface area contributed by atoms with Crippen molar-refractivity contribution in [2.24, 2.45) is 0 Å². The van der Waals surface area contributed by atoms with Gasteiger partial charge in [-0.1, -0.05) is 0 Å². The first-order valence-corrected chi connectivity index (χ1v) is 6.76. The summed E-state index contributed by atoms with van der Waals surface area (Å²) in [6.07, 6.45) is 1.49. The summed E-state index contributed by atoms with van der Waals surface area (Å²) in [6, 6.07) is 4.10. The predicted octanol–water partition coefficient (Wildman–Crippen LogP) is 1.91. The molecule has 1 aromatic carbocycles. The van der Waals surface area contributed by atoms with Crippen LogP contribution in [0.5, 0.6) is 0 Å². The molecule has 1 fully saturated rings. The summed E-state index contributed by atoms with van der Waals surface area (Å²) in [5, 5.41) is 0.586. The molecular weight excluding hydrogens is 275 g/mol. The Morgan fingerprint density at radius 2 is 1.95 bits per heavy atom. The monoisotopic (exact) mass is 290 g/mol. The summed E-state index contributed by atoms with van der Waals surface area (Å²) < 4.78 is 19.9. The molecule has 6 heteroatoms. The van der Waals surface area contributed by atoms with Gasteiger partial charge < -0.3 is 9.64 Å². The molecule has 2 aromatic rings. The van der Waals surface area contributed by atoms with E-state index in [9.17, 15) is 14.0 Å². The van der Waals surface area contributed by atoms with E-state index in [-0.39, 0.29) is 11.8 Å². The zero-order valence-corrected chi connectivity index (χ0v) is 11.6. The molecule has 2 heterocycles. The van der Waals surface area contributed by atoms with Crippen molar-refractivity contribution in [3.8, 4) is 0 Å². The highest BCUT2D eigenvalue weighted by molar-refractivity contribution is 6.09. The maximum absolute atomic E-state index is 13.4. The van der Waals surface area contributed by atoms with E-state index in [1.807, 2.05) is 0 Å². The number of rotatable bonds is 1. The number of halogens is 1. The zero-order chi connectivity index (χ0) is 15.0. The fourth-order valence-electron chi connectivity index (χ4n) is 2.57. The minimum absolute atomic E-state index is 0.157. The number of carbonyl (C=O) groups is 2. The molecule has 21 heavy (non-hydrogen) atoms. The van der Waals surface area contributed by atoms with Crippen LogP contribution >= 0.6 is 0 Å². The van der Waals surface area contributed by atoms with Gasteiger partial charge >= 0.3 is 0 Å². The molecule has 0 unspecified atom stereocenters. The van der Waals surface area contributed by atoms with Crippen molar-refractivity contribution in [3.05, 3.63) is 35.8 Å². The minimum Gasteiger partial charge on any atom is -0.378 e. The van der Waals surface area contributed by atoms with Gasteiger partial charge in [0.05, 0.1) is 24.3 Å². The number of aromatic nitrogens is 1. The SMILES string of the molecule is CC(=O)n1cc(C(=O)N2CCOCC2)c2ccc(F)cc21. The number of hydrogen-bond acceptors (Lipinski definition) is 3. The largest absolute Gasteiger partial charge is 0.378 e. The minimum atomic E-state index is -0.437. The Labute approximate surface area is 120 Å². The second-order valence-electron chi connectivity index (χ2n) is 5.00. The predicted molar refractivity (Wildman–Crippen MR) is 74.9 cm³/mol. The van der Waals surface area contributed by atoms with Crippen molar-refractivity contribution in [2.75, 3.05) is 26.3 Å². The number of hydrogen-bond donors (Lipinski definition) is 0. The maximum atomic E-state index is 13.4. The molecular formula is C15H15FN2O3. The smallest absolute Gasteiger partial charge is 0.256 e. The number of amides is 1. The highest BCUT2D eigenvalue weighted by Gasteiger charge is 2.23. The Bertz CT molecular complexity index is 717. The van der Waals surface area contributed by atoms with Crippen LogP contribution in [0.4, 0.5) is 4.39 Å². The summed E-state index contributed by atoms with van der Waals surface area (Å²) >= 11 is 0. The number of benzene rings is 1. The van der Waals surface area contributed by atoms with Crippen molar-refractivity contribution in [1.29, 1.82) is 0 Å². The number of fused-ring (bicyclic) bond motifs is 1. The van der Waals surface area contributed by atoms with Crippen molar-refractivity contribution in [3.63, 3.8) is 0 Å². The lowest BCUT2D eigenvalue weighted by Gasteiger charge is -2.26. The standard InChI is InChI=1S/C15H15FN2O3/c1-10(19)18-9-13(12-3-2-11(16)8-14(12)18)15(20)17-4-6-21-7-5-17/h2-3,8-9H,4-7H2,1H3. The van der Waals surface area contributed by atoms with Gasteiger partial charge in [0.1, 0.15) is 5.82 Å². The molecule has 0 atom stereocenters. The molecule has 1 aliphatic heterocycles. The molecule has 1 amide bonds. The van der Waals surface area contributed by atoms with E-state index in [1.165, 1.54) is 35.9 Å². The van der Waals surface area contributed by atoms with Crippen LogP contribution in [0.1, 0.15) is 22.1 Å². The molecule has 0 saturated carbocycles. The second-order valence-corrected chi connectivity index (χ2v) is 5.00.